The Morgan fingerprint density at radius 1 is 0.392 bits per heavy atom. The minimum Gasteiger partial charge on any atom is -0.456 e. The Kier molecular flexibility index (Phi) is 6.05. The van der Waals surface area contributed by atoms with Gasteiger partial charge in [-0.3, -0.25) is 4.57 Å². The summed E-state index contributed by atoms with van der Waals surface area (Å²) in [7, 11) is 0. The SMILES string of the molecule is c1ccc(-c2nc(-c3ccc4c(c3)oc3cc(-c5ccc6sc7ccccc7c6c5)ccc34)nc(-n3c4ccccc4c4ccccc43)n2)cc1. The van der Waals surface area contributed by atoms with Crippen molar-refractivity contribution in [2.24, 2.45) is 0 Å². The van der Waals surface area contributed by atoms with Crippen molar-refractivity contribution in [3.63, 3.8) is 0 Å². The summed E-state index contributed by atoms with van der Waals surface area (Å²) < 4.78 is 11.3. The molecule has 11 rings (SSSR count). The number of para-hydroxylation sites is 2. The molecule has 51 heavy (non-hydrogen) atoms. The van der Waals surface area contributed by atoms with Crippen molar-refractivity contribution >= 4 is 75.3 Å². The van der Waals surface area contributed by atoms with Crippen LogP contribution in [0.3, 0.4) is 0 Å². The molecule has 0 bridgehead atoms. The summed E-state index contributed by atoms with van der Waals surface area (Å²) >= 11 is 1.84. The fraction of sp³-hybridized carbons (Fsp3) is 0. The molecule has 0 fully saturated rings. The van der Waals surface area contributed by atoms with Crippen molar-refractivity contribution in [3.05, 3.63) is 158 Å². The van der Waals surface area contributed by atoms with Gasteiger partial charge in [0.15, 0.2) is 11.6 Å². The van der Waals surface area contributed by atoms with Gasteiger partial charge in [-0.05, 0) is 65.7 Å². The molecule has 0 saturated carbocycles. The van der Waals surface area contributed by atoms with Crippen LogP contribution in [0.4, 0.5) is 0 Å². The fourth-order valence-corrected chi connectivity index (χ4v) is 8.54. The third kappa shape index (κ3) is 4.43. The highest BCUT2D eigenvalue weighted by molar-refractivity contribution is 7.25. The van der Waals surface area contributed by atoms with Crippen molar-refractivity contribution in [3.8, 4) is 39.9 Å². The van der Waals surface area contributed by atoms with E-state index in [-0.39, 0.29) is 0 Å². The van der Waals surface area contributed by atoms with Gasteiger partial charge < -0.3 is 4.42 Å². The number of hydrogen-bond acceptors (Lipinski definition) is 5. The van der Waals surface area contributed by atoms with Gasteiger partial charge in [0, 0.05) is 52.8 Å². The highest BCUT2D eigenvalue weighted by Gasteiger charge is 2.19. The van der Waals surface area contributed by atoms with E-state index >= 15 is 0 Å². The third-order valence-corrected chi connectivity index (χ3v) is 11.0. The topological polar surface area (TPSA) is 56.7 Å². The maximum atomic E-state index is 6.58. The monoisotopic (exact) mass is 670 g/mol. The molecule has 0 radical (unpaired) electrons. The Bertz CT molecular complexity index is 3100. The van der Waals surface area contributed by atoms with E-state index in [9.17, 15) is 0 Å². The van der Waals surface area contributed by atoms with Gasteiger partial charge in [-0.2, -0.15) is 9.97 Å². The van der Waals surface area contributed by atoms with Gasteiger partial charge in [-0.15, -0.1) is 11.3 Å². The maximum absolute atomic E-state index is 6.58. The van der Waals surface area contributed by atoms with Crippen LogP contribution in [-0.2, 0) is 0 Å². The summed E-state index contributed by atoms with van der Waals surface area (Å²) in [5.74, 6) is 1.77. The number of aromatic nitrogens is 4. The van der Waals surface area contributed by atoms with Gasteiger partial charge in [-0.1, -0.05) is 103 Å². The largest absolute Gasteiger partial charge is 0.456 e. The molecular weight excluding hydrogens is 645 g/mol. The normalized spacial score (nSPS) is 11.9. The fourth-order valence-electron chi connectivity index (χ4n) is 7.45. The second-order valence-corrected chi connectivity index (χ2v) is 13.9. The van der Waals surface area contributed by atoms with Crippen LogP contribution < -0.4 is 0 Å². The molecule has 11 aromatic rings. The Hall–Kier alpha value is -6.63. The Labute approximate surface area is 295 Å². The molecule has 0 N–H and O–H groups in total. The van der Waals surface area contributed by atoms with Crippen molar-refractivity contribution in [1.82, 2.24) is 19.5 Å². The standard InChI is InChI=1S/C45H26N4OS/c1-2-10-27(11-3-1)43-46-44(48-45(47-43)49-37-15-7-4-12-31(37)32-13-5-8-16-38(32)49)30-19-22-34-33-21-18-29(25-39(33)50-40(34)26-30)28-20-23-42-36(24-28)35-14-6-9-17-41(35)51-42/h1-26H. The first-order chi connectivity index (χ1) is 25.2. The zero-order valence-corrected chi connectivity index (χ0v) is 27.9. The molecule has 0 aliphatic heterocycles. The summed E-state index contributed by atoms with van der Waals surface area (Å²) in [4.78, 5) is 15.2. The minimum atomic E-state index is 0.570. The molecule has 238 valence electrons. The molecule has 7 aromatic carbocycles. The molecule has 0 unspecified atom stereocenters. The molecule has 4 aromatic heterocycles. The molecule has 4 heterocycles. The third-order valence-electron chi connectivity index (χ3n) is 9.88. The summed E-state index contributed by atoms with van der Waals surface area (Å²) in [6.45, 7) is 0. The van der Waals surface area contributed by atoms with E-state index in [1.165, 1.54) is 25.7 Å². The Morgan fingerprint density at radius 3 is 1.69 bits per heavy atom. The first-order valence-electron chi connectivity index (χ1n) is 16.9. The maximum Gasteiger partial charge on any atom is 0.238 e. The van der Waals surface area contributed by atoms with Gasteiger partial charge in [0.2, 0.25) is 5.95 Å². The van der Waals surface area contributed by atoms with E-state index in [1.807, 2.05) is 41.7 Å². The molecule has 0 amide bonds. The lowest BCUT2D eigenvalue weighted by Gasteiger charge is -2.10. The van der Waals surface area contributed by atoms with E-state index in [0.717, 1.165) is 60.4 Å². The lowest BCUT2D eigenvalue weighted by atomic mass is 10.0. The number of rotatable bonds is 4. The van der Waals surface area contributed by atoms with E-state index in [2.05, 4.69) is 132 Å². The van der Waals surface area contributed by atoms with Crippen LogP contribution in [0.1, 0.15) is 0 Å². The zero-order valence-electron chi connectivity index (χ0n) is 27.1. The average Bonchev–Trinajstić information content (AvgIpc) is 3.86. The van der Waals surface area contributed by atoms with Gasteiger partial charge in [-0.25, -0.2) is 4.98 Å². The number of furan rings is 1. The molecule has 0 saturated heterocycles. The summed E-state index contributed by atoms with van der Waals surface area (Å²) in [6, 6.07) is 55.0. The number of benzene rings is 7. The predicted molar refractivity (Wildman–Crippen MR) is 211 cm³/mol. The first kappa shape index (κ1) is 28.2. The van der Waals surface area contributed by atoms with E-state index < -0.39 is 0 Å². The van der Waals surface area contributed by atoms with Crippen molar-refractivity contribution in [2.75, 3.05) is 0 Å². The van der Waals surface area contributed by atoms with Crippen LogP contribution in [0.2, 0.25) is 0 Å². The van der Waals surface area contributed by atoms with Crippen LogP contribution in [0.15, 0.2) is 162 Å². The van der Waals surface area contributed by atoms with Gasteiger partial charge >= 0.3 is 0 Å². The van der Waals surface area contributed by atoms with E-state index in [0.29, 0.717) is 17.6 Å². The molecule has 0 aliphatic carbocycles. The number of nitrogens with zero attached hydrogens (tertiary/aromatic N) is 4. The molecule has 6 heteroatoms. The van der Waals surface area contributed by atoms with E-state index in [4.69, 9.17) is 19.4 Å². The van der Waals surface area contributed by atoms with E-state index in [1.54, 1.807) is 0 Å². The summed E-state index contributed by atoms with van der Waals surface area (Å²) in [5, 5.41) is 7.03. The average molecular weight is 671 g/mol. The quantitative estimate of drug-likeness (QED) is 0.187. The van der Waals surface area contributed by atoms with Crippen molar-refractivity contribution in [1.29, 1.82) is 0 Å². The zero-order chi connectivity index (χ0) is 33.5. The van der Waals surface area contributed by atoms with Gasteiger partial charge in [0.05, 0.1) is 11.0 Å². The predicted octanol–water partition coefficient (Wildman–Crippen LogP) is 12.2. The van der Waals surface area contributed by atoms with Gasteiger partial charge in [0.1, 0.15) is 11.2 Å². The van der Waals surface area contributed by atoms with Crippen LogP contribution in [-0.4, -0.2) is 19.5 Å². The lowest BCUT2D eigenvalue weighted by Crippen LogP contribution is -2.06. The minimum absolute atomic E-state index is 0.570. The van der Waals surface area contributed by atoms with Crippen LogP contribution in [0.25, 0.3) is 104 Å². The molecule has 0 atom stereocenters. The Morgan fingerprint density at radius 2 is 0.941 bits per heavy atom. The summed E-state index contributed by atoms with van der Waals surface area (Å²) in [5.41, 5.74) is 7.81. The first-order valence-corrected chi connectivity index (χ1v) is 17.8. The second-order valence-electron chi connectivity index (χ2n) is 12.9. The highest BCUT2D eigenvalue weighted by Crippen LogP contribution is 2.39. The van der Waals surface area contributed by atoms with Crippen LogP contribution in [0.5, 0.6) is 0 Å². The van der Waals surface area contributed by atoms with Crippen LogP contribution >= 0.6 is 11.3 Å². The summed E-state index contributed by atoms with van der Waals surface area (Å²) in [6.07, 6.45) is 0. The highest BCUT2D eigenvalue weighted by atomic mass is 32.1. The molecule has 0 spiro atoms. The van der Waals surface area contributed by atoms with Crippen molar-refractivity contribution < 1.29 is 4.42 Å². The smallest absolute Gasteiger partial charge is 0.238 e. The molecule has 5 nitrogen and oxygen atoms in total. The van der Waals surface area contributed by atoms with Crippen LogP contribution in [0, 0.1) is 0 Å². The van der Waals surface area contributed by atoms with Gasteiger partial charge in [0.25, 0.3) is 0 Å². The molecular formula is C45H26N4OS. The Balaban J connectivity index is 1.06. The number of thiophene rings is 1. The number of fused-ring (bicyclic) bond motifs is 9. The second kappa shape index (κ2) is 10.9. The lowest BCUT2D eigenvalue weighted by molar-refractivity contribution is 0.669. The number of hydrogen-bond donors (Lipinski definition) is 0. The van der Waals surface area contributed by atoms with Crippen molar-refractivity contribution in [2.45, 2.75) is 0 Å². The molecule has 0 aliphatic rings.